The number of hydrogen-bond donors (Lipinski definition) is 2. The Morgan fingerprint density at radius 3 is 1.25 bits per heavy atom. The largest absolute Gasteiger partial charge is 0.354 e. The van der Waals surface area contributed by atoms with Gasteiger partial charge in [0, 0.05) is 38.7 Å². The maximum absolute atomic E-state index is 5.43. The van der Waals surface area contributed by atoms with Crippen molar-refractivity contribution in [1.29, 1.82) is 0 Å². The van der Waals surface area contributed by atoms with Gasteiger partial charge in [-0.25, -0.2) is 9.97 Å². The fourth-order valence-electron chi connectivity index (χ4n) is 7.95. The number of allylic oxidation sites excluding steroid dienone is 3. The second-order valence-electron chi connectivity index (χ2n) is 14.5. The van der Waals surface area contributed by atoms with Crippen LogP contribution in [0.3, 0.4) is 0 Å². The van der Waals surface area contributed by atoms with E-state index in [4.69, 9.17) is 9.97 Å². The van der Waals surface area contributed by atoms with Crippen LogP contribution in [0, 0.1) is 13.8 Å². The van der Waals surface area contributed by atoms with Gasteiger partial charge in [0.05, 0.1) is 32.8 Å². The fourth-order valence-corrected chi connectivity index (χ4v) is 8.40. The van der Waals surface area contributed by atoms with Crippen molar-refractivity contribution in [2.24, 2.45) is 0 Å². The van der Waals surface area contributed by atoms with E-state index in [0.717, 1.165) is 102 Å². The first kappa shape index (κ1) is 36.0. The van der Waals surface area contributed by atoms with Gasteiger partial charge in [-0.1, -0.05) is 102 Å². The number of rotatable bonds is 10. The van der Waals surface area contributed by atoms with E-state index >= 15 is 0 Å². The third-order valence-electron chi connectivity index (χ3n) is 10.8. The van der Waals surface area contributed by atoms with Gasteiger partial charge in [-0.2, -0.15) is 0 Å². The van der Waals surface area contributed by atoms with E-state index in [-0.39, 0.29) is 5.41 Å². The lowest BCUT2D eigenvalue weighted by Gasteiger charge is -2.32. The van der Waals surface area contributed by atoms with E-state index in [1.165, 1.54) is 16.7 Å². The number of hydrogen-bond acceptors (Lipinski definition) is 2. The molecule has 2 aliphatic heterocycles. The fraction of sp³-hybridized carbons (Fsp3) is 0.120. The number of fused-ring (bicyclic) bond motifs is 8. The average molecular weight is 780 g/mol. The Bertz CT molecular complexity index is 2620. The second kappa shape index (κ2) is 15.0. The molecule has 0 spiro atoms. The summed E-state index contributed by atoms with van der Waals surface area (Å²) in [6.07, 6.45) is 17.0. The highest BCUT2D eigenvalue weighted by Gasteiger charge is 2.28. The van der Waals surface area contributed by atoms with E-state index in [2.05, 4.69) is 181 Å². The molecule has 0 saturated carbocycles. The zero-order chi connectivity index (χ0) is 38.1. The molecule has 55 heavy (non-hydrogen) atoms. The van der Waals surface area contributed by atoms with Crippen LogP contribution in [-0.2, 0) is 5.41 Å². The molecule has 0 unspecified atom stereocenters. The molecule has 5 heterocycles. The van der Waals surface area contributed by atoms with Gasteiger partial charge >= 0.3 is 0 Å². The van der Waals surface area contributed by atoms with Gasteiger partial charge in [0.25, 0.3) is 0 Å². The van der Waals surface area contributed by atoms with Crippen LogP contribution in [0.1, 0.15) is 58.7 Å². The molecule has 3 aromatic carbocycles. The lowest BCUT2D eigenvalue weighted by atomic mass is 9.72. The Labute approximate surface area is 331 Å². The van der Waals surface area contributed by atoms with Crippen molar-refractivity contribution in [3.8, 4) is 33.4 Å². The molecule has 8 bridgehead atoms. The summed E-state index contributed by atoms with van der Waals surface area (Å²) in [7, 11) is 0. The van der Waals surface area contributed by atoms with Crippen LogP contribution in [0.25, 0.3) is 79.8 Å². The van der Waals surface area contributed by atoms with E-state index in [9.17, 15) is 0 Å². The number of nitrogens with zero attached hydrogens (tertiary/aromatic N) is 2. The Balaban J connectivity index is 1.47. The van der Waals surface area contributed by atoms with Gasteiger partial charge in [-0.05, 0) is 120 Å². The van der Waals surface area contributed by atoms with Crippen LogP contribution >= 0.6 is 15.9 Å². The molecule has 0 aliphatic carbocycles. The Morgan fingerprint density at radius 2 is 0.836 bits per heavy atom. The number of nitrogens with one attached hydrogen (secondary N) is 2. The van der Waals surface area contributed by atoms with Crippen LogP contribution in [-0.4, -0.2) is 19.9 Å². The standard InChI is InChI=1S/C50H43BrN4/c1-6-29-50(30-7-2,31-8-3)37-19-17-36(18-20-37)48-40-23-21-38(52-40)46(34-13-9-32(4)10-14-34)42-25-27-44(54-42)49(51)45-28-26-43(55-45)47(39-22-24-41(48)53-39)35-15-11-33(5)12-16-35/h6-28,52,55H,1-3,29-31H2,4-5H3. The summed E-state index contributed by atoms with van der Waals surface area (Å²) < 4.78 is 0.893. The number of H-pyrrole nitrogens is 2. The minimum Gasteiger partial charge on any atom is -0.354 e. The number of aryl methyl sites for hydroxylation is 2. The lowest BCUT2D eigenvalue weighted by Crippen LogP contribution is -2.24. The Kier molecular flexibility index (Phi) is 9.81. The quantitative estimate of drug-likeness (QED) is 0.136. The first-order valence-electron chi connectivity index (χ1n) is 18.7. The number of aromatic amines is 2. The molecule has 8 rings (SSSR count). The summed E-state index contributed by atoms with van der Waals surface area (Å²) in [5.74, 6) is 0. The number of aromatic nitrogens is 4. The molecule has 0 radical (unpaired) electrons. The summed E-state index contributed by atoms with van der Waals surface area (Å²) in [5, 5.41) is 0. The van der Waals surface area contributed by atoms with Crippen molar-refractivity contribution < 1.29 is 0 Å². The van der Waals surface area contributed by atoms with Crippen LogP contribution < -0.4 is 0 Å². The highest BCUT2D eigenvalue weighted by atomic mass is 79.9. The maximum atomic E-state index is 5.43. The first-order valence-corrected chi connectivity index (χ1v) is 19.5. The smallest absolute Gasteiger partial charge is 0.0801 e. The lowest BCUT2D eigenvalue weighted by molar-refractivity contribution is 0.442. The number of halogens is 1. The first-order chi connectivity index (χ1) is 26.8. The summed E-state index contributed by atoms with van der Waals surface area (Å²) in [4.78, 5) is 18.2. The molecule has 5 heteroatoms. The summed E-state index contributed by atoms with van der Waals surface area (Å²) in [5.41, 5.74) is 17.2. The van der Waals surface area contributed by atoms with Crippen LogP contribution in [0.2, 0.25) is 0 Å². The van der Waals surface area contributed by atoms with Crippen LogP contribution in [0.15, 0.2) is 139 Å². The summed E-state index contributed by atoms with van der Waals surface area (Å²) in [6.45, 7) is 16.5. The Morgan fingerprint density at radius 1 is 0.491 bits per heavy atom. The highest BCUT2D eigenvalue weighted by molar-refractivity contribution is 9.10. The molecule has 0 amide bonds. The summed E-state index contributed by atoms with van der Waals surface area (Å²) in [6, 6.07) is 34.8. The predicted molar refractivity (Wildman–Crippen MR) is 238 cm³/mol. The molecule has 0 fully saturated rings. The van der Waals surface area contributed by atoms with Gasteiger partial charge in [-0.3, -0.25) is 0 Å². The molecular formula is C50H43BrN4. The molecule has 6 aromatic rings. The maximum Gasteiger partial charge on any atom is 0.0801 e. The van der Waals surface area contributed by atoms with Crippen molar-refractivity contribution in [2.75, 3.05) is 0 Å². The molecule has 270 valence electrons. The van der Waals surface area contributed by atoms with Crippen LogP contribution in [0.4, 0.5) is 0 Å². The highest BCUT2D eigenvalue weighted by Crippen LogP contribution is 2.40. The van der Waals surface area contributed by atoms with Crippen molar-refractivity contribution >= 4 is 62.3 Å². The van der Waals surface area contributed by atoms with Gasteiger partial charge in [0.2, 0.25) is 0 Å². The molecule has 4 nitrogen and oxygen atoms in total. The minimum absolute atomic E-state index is 0.150. The molecule has 2 N–H and O–H groups in total. The predicted octanol–water partition coefficient (Wildman–Crippen LogP) is 14.0. The van der Waals surface area contributed by atoms with Crippen molar-refractivity contribution in [1.82, 2.24) is 19.9 Å². The Hall–Kier alpha value is -6.04. The van der Waals surface area contributed by atoms with Gasteiger partial charge in [0.1, 0.15) is 0 Å². The third kappa shape index (κ3) is 6.81. The SMILES string of the molecule is C=CCC(CC=C)(CC=C)c1ccc(-c2c3nc(c(-c4ccc(C)cc4)c4ccc([nH]4)c(Br)c4nc(c(-c5ccc(C)cc5)c5ccc2[nH]5)C=C4)C=C3)cc1. The zero-order valence-electron chi connectivity index (χ0n) is 31.3. The van der Waals surface area contributed by atoms with E-state index < -0.39 is 0 Å². The molecule has 0 atom stereocenters. The monoisotopic (exact) mass is 778 g/mol. The van der Waals surface area contributed by atoms with Gasteiger partial charge in [0.15, 0.2) is 0 Å². The topological polar surface area (TPSA) is 57.4 Å². The van der Waals surface area contributed by atoms with Crippen molar-refractivity contribution in [3.05, 3.63) is 179 Å². The van der Waals surface area contributed by atoms with E-state index in [0.29, 0.717) is 0 Å². The third-order valence-corrected chi connectivity index (χ3v) is 11.6. The van der Waals surface area contributed by atoms with Gasteiger partial charge < -0.3 is 9.97 Å². The van der Waals surface area contributed by atoms with E-state index in [1.807, 2.05) is 18.2 Å². The van der Waals surface area contributed by atoms with Gasteiger partial charge in [-0.15, -0.1) is 19.7 Å². The normalized spacial score (nSPS) is 12.2. The van der Waals surface area contributed by atoms with Crippen molar-refractivity contribution in [2.45, 2.75) is 38.5 Å². The number of benzene rings is 3. The minimum atomic E-state index is -0.150. The zero-order valence-corrected chi connectivity index (χ0v) is 32.9. The molecule has 2 aliphatic rings. The van der Waals surface area contributed by atoms with Crippen LogP contribution in [0.5, 0.6) is 0 Å². The summed E-state index contributed by atoms with van der Waals surface area (Å²) >= 11 is 3.91. The second-order valence-corrected chi connectivity index (χ2v) is 15.3. The average Bonchev–Trinajstić information content (AvgIpc) is 4.03. The van der Waals surface area contributed by atoms with E-state index in [1.54, 1.807) is 0 Å². The molecular weight excluding hydrogens is 736 g/mol. The molecule has 0 saturated heterocycles. The van der Waals surface area contributed by atoms with Crippen molar-refractivity contribution in [3.63, 3.8) is 0 Å². The molecule has 3 aromatic heterocycles.